The molecule has 3 aromatic carbocycles. The maximum atomic E-state index is 13.7. The van der Waals surface area contributed by atoms with Crippen LogP contribution in [-0.2, 0) is 12.8 Å². The van der Waals surface area contributed by atoms with Gasteiger partial charge in [0.25, 0.3) is 0 Å². The van der Waals surface area contributed by atoms with Crippen LogP contribution in [0.15, 0.2) is 89.3 Å². The van der Waals surface area contributed by atoms with E-state index in [1.165, 1.54) is 16.7 Å². The predicted octanol–water partition coefficient (Wildman–Crippen LogP) is 8.58. The van der Waals surface area contributed by atoms with E-state index in [4.69, 9.17) is 9.40 Å². The van der Waals surface area contributed by atoms with Gasteiger partial charge in [-0.25, -0.2) is 9.37 Å². The molecule has 4 aromatic rings. The number of likely N-dealkylation sites (N-methyl/N-ethyl adjacent to an activating group) is 1. The molecule has 0 N–H and O–H groups in total. The summed E-state index contributed by atoms with van der Waals surface area (Å²) in [5.41, 5.74) is 4.78. The Morgan fingerprint density at radius 1 is 0.756 bits per heavy atom. The van der Waals surface area contributed by atoms with Crippen LogP contribution in [0.25, 0.3) is 0 Å². The van der Waals surface area contributed by atoms with Crippen molar-refractivity contribution in [2.45, 2.75) is 64.5 Å². The summed E-state index contributed by atoms with van der Waals surface area (Å²) in [7, 11) is 6.43. The van der Waals surface area contributed by atoms with Gasteiger partial charge in [0.2, 0.25) is 11.8 Å². The van der Waals surface area contributed by atoms with Crippen LogP contribution in [0.3, 0.4) is 0 Å². The lowest BCUT2D eigenvalue weighted by Crippen LogP contribution is -2.37. The van der Waals surface area contributed by atoms with Crippen LogP contribution in [0.1, 0.15) is 79.9 Å². The zero-order chi connectivity index (χ0) is 31.8. The summed E-state index contributed by atoms with van der Waals surface area (Å²) >= 11 is 0. The van der Waals surface area contributed by atoms with Gasteiger partial charge in [-0.05, 0) is 99.9 Å². The Balaban J connectivity index is 1.40. The van der Waals surface area contributed by atoms with Crippen molar-refractivity contribution in [2.75, 3.05) is 45.7 Å². The normalized spacial score (nSPS) is 18.3. The third-order valence-corrected chi connectivity index (χ3v) is 9.77. The summed E-state index contributed by atoms with van der Waals surface area (Å²) in [4.78, 5) is 12.4. The SMILES string of the molecule is CCN(CC)C(c1nc(Cc2ccccc2)c(N(C)CCc2ccccc2)o1)C1CCC(C(c2ccc(F)cc2)N(C)C)CC1. The maximum Gasteiger partial charge on any atom is 0.219 e. The van der Waals surface area contributed by atoms with Gasteiger partial charge in [-0.3, -0.25) is 4.90 Å². The van der Waals surface area contributed by atoms with Gasteiger partial charge < -0.3 is 14.2 Å². The van der Waals surface area contributed by atoms with Gasteiger partial charge in [0, 0.05) is 26.1 Å². The van der Waals surface area contributed by atoms with E-state index in [0.717, 1.165) is 75.6 Å². The van der Waals surface area contributed by atoms with E-state index in [9.17, 15) is 4.39 Å². The fourth-order valence-corrected chi connectivity index (χ4v) is 7.44. The van der Waals surface area contributed by atoms with Gasteiger partial charge in [0.05, 0.1) is 6.04 Å². The molecule has 5 rings (SSSR count). The molecule has 0 saturated heterocycles. The Morgan fingerprint density at radius 3 is 1.87 bits per heavy atom. The highest BCUT2D eigenvalue weighted by atomic mass is 19.1. The molecule has 1 heterocycles. The third kappa shape index (κ3) is 8.22. The summed E-state index contributed by atoms with van der Waals surface area (Å²) in [6, 6.07) is 28.8. The number of nitrogens with zero attached hydrogens (tertiary/aromatic N) is 4. The van der Waals surface area contributed by atoms with Gasteiger partial charge in [0.1, 0.15) is 11.5 Å². The summed E-state index contributed by atoms with van der Waals surface area (Å²) in [5.74, 6) is 2.56. The van der Waals surface area contributed by atoms with Crippen molar-refractivity contribution in [3.05, 3.63) is 119 Å². The van der Waals surface area contributed by atoms with Crippen molar-refractivity contribution in [2.24, 2.45) is 11.8 Å². The number of rotatable bonds is 14. The van der Waals surface area contributed by atoms with Crippen molar-refractivity contribution in [1.82, 2.24) is 14.8 Å². The first-order valence-electron chi connectivity index (χ1n) is 16.8. The lowest BCUT2D eigenvalue weighted by Gasteiger charge is -2.41. The lowest BCUT2D eigenvalue weighted by atomic mass is 9.73. The van der Waals surface area contributed by atoms with Crippen LogP contribution in [0.5, 0.6) is 0 Å². The highest BCUT2D eigenvalue weighted by Gasteiger charge is 2.38. The van der Waals surface area contributed by atoms with Crippen molar-refractivity contribution in [3.63, 3.8) is 0 Å². The van der Waals surface area contributed by atoms with E-state index in [-0.39, 0.29) is 17.9 Å². The molecule has 0 aliphatic heterocycles. The molecule has 1 saturated carbocycles. The molecular weight excluding hydrogens is 559 g/mol. The molecule has 45 heavy (non-hydrogen) atoms. The van der Waals surface area contributed by atoms with Gasteiger partial charge in [-0.1, -0.05) is 86.6 Å². The molecular formula is C39H51FN4O. The number of benzene rings is 3. The Hall–Kier alpha value is -3.48. The number of aromatic nitrogens is 1. The quantitative estimate of drug-likeness (QED) is 0.143. The van der Waals surface area contributed by atoms with Crippen LogP contribution in [0, 0.1) is 17.7 Å². The Morgan fingerprint density at radius 2 is 1.31 bits per heavy atom. The second-order valence-electron chi connectivity index (χ2n) is 12.9. The molecule has 1 aromatic heterocycles. The minimum Gasteiger partial charge on any atom is -0.423 e. The molecule has 2 unspecified atom stereocenters. The van der Waals surface area contributed by atoms with Gasteiger partial charge in [-0.15, -0.1) is 0 Å². The Bertz CT molecular complexity index is 1430. The summed E-state index contributed by atoms with van der Waals surface area (Å²) in [5, 5.41) is 0. The number of oxazole rings is 1. The van der Waals surface area contributed by atoms with Gasteiger partial charge >= 0.3 is 0 Å². The average molecular weight is 611 g/mol. The largest absolute Gasteiger partial charge is 0.423 e. The number of hydrogen-bond acceptors (Lipinski definition) is 5. The molecule has 5 nitrogen and oxygen atoms in total. The molecule has 0 radical (unpaired) electrons. The zero-order valence-electron chi connectivity index (χ0n) is 27.8. The molecule has 0 bridgehead atoms. The molecule has 1 fully saturated rings. The monoisotopic (exact) mass is 610 g/mol. The van der Waals surface area contributed by atoms with Crippen molar-refractivity contribution in [1.29, 1.82) is 0 Å². The van der Waals surface area contributed by atoms with Crippen molar-refractivity contribution in [3.8, 4) is 0 Å². The zero-order valence-corrected chi connectivity index (χ0v) is 27.8. The van der Waals surface area contributed by atoms with E-state index in [0.29, 0.717) is 11.8 Å². The molecule has 1 aliphatic rings. The molecule has 6 heteroatoms. The smallest absolute Gasteiger partial charge is 0.219 e. The average Bonchev–Trinajstić information content (AvgIpc) is 3.47. The number of anilines is 1. The summed E-state index contributed by atoms with van der Waals surface area (Å²) < 4.78 is 20.6. The lowest BCUT2D eigenvalue weighted by molar-refractivity contribution is 0.0739. The third-order valence-electron chi connectivity index (χ3n) is 9.77. The molecule has 2 atom stereocenters. The van der Waals surface area contributed by atoms with Gasteiger partial charge in [-0.2, -0.15) is 0 Å². The first kappa shape index (κ1) is 32.9. The molecule has 1 aliphatic carbocycles. The first-order chi connectivity index (χ1) is 21.9. The van der Waals surface area contributed by atoms with Crippen molar-refractivity contribution < 1.29 is 8.81 Å². The van der Waals surface area contributed by atoms with E-state index >= 15 is 0 Å². The van der Waals surface area contributed by atoms with E-state index < -0.39 is 0 Å². The van der Waals surface area contributed by atoms with Gasteiger partial charge in [0.15, 0.2) is 0 Å². The van der Waals surface area contributed by atoms with Crippen LogP contribution >= 0.6 is 0 Å². The van der Waals surface area contributed by atoms with Crippen LogP contribution in [0.4, 0.5) is 10.3 Å². The summed E-state index contributed by atoms with van der Waals surface area (Å²) in [6.45, 7) is 7.26. The maximum absolute atomic E-state index is 13.7. The molecule has 0 amide bonds. The minimum absolute atomic E-state index is 0.135. The molecule has 240 valence electrons. The topological polar surface area (TPSA) is 35.8 Å². The highest BCUT2D eigenvalue weighted by Crippen LogP contribution is 2.45. The van der Waals surface area contributed by atoms with E-state index in [1.807, 2.05) is 12.1 Å². The minimum atomic E-state index is -0.176. The fraction of sp³-hybridized carbons (Fsp3) is 0.462. The van der Waals surface area contributed by atoms with E-state index in [1.54, 1.807) is 12.1 Å². The standard InChI is InChI=1S/C39H51FN4O/c1-6-44(7-2)37(33-20-18-31(19-21-33)36(42(3)4)32-22-24-34(40)25-23-32)38-41-35(28-30-16-12-9-13-17-30)39(45-38)43(5)27-26-29-14-10-8-11-15-29/h8-17,22-25,31,33,36-37H,6-7,18-21,26-28H2,1-5H3. The van der Waals surface area contributed by atoms with Crippen LogP contribution < -0.4 is 4.90 Å². The fourth-order valence-electron chi connectivity index (χ4n) is 7.44. The van der Waals surface area contributed by atoms with Crippen LogP contribution in [0.2, 0.25) is 0 Å². The Labute approximate surface area is 270 Å². The predicted molar refractivity (Wildman–Crippen MR) is 183 cm³/mol. The Kier molecular flexibility index (Phi) is 11.5. The summed E-state index contributed by atoms with van der Waals surface area (Å²) in [6.07, 6.45) is 6.19. The highest BCUT2D eigenvalue weighted by molar-refractivity contribution is 5.43. The second kappa shape index (κ2) is 15.7. The number of halogens is 1. The van der Waals surface area contributed by atoms with Crippen molar-refractivity contribution >= 4 is 5.88 Å². The second-order valence-corrected chi connectivity index (χ2v) is 12.9. The van der Waals surface area contributed by atoms with Crippen LogP contribution in [-0.4, -0.2) is 55.6 Å². The number of hydrogen-bond donors (Lipinski definition) is 0. The molecule has 0 spiro atoms. The first-order valence-corrected chi connectivity index (χ1v) is 16.8. The van der Waals surface area contributed by atoms with E-state index in [2.05, 4.69) is 110 Å².